The summed E-state index contributed by atoms with van der Waals surface area (Å²) in [5.41, 5.74) is 6.09. The number of furan rings is 1. The van der Waals surface area contributed by atoms with E-state index in [4.69, 9.17) is 10.2 Å². The van der Waals surface area contributed by atoms with Crippen molar-refractivity contribution >= 4 is 17.4 Å². The van der Waals surface area contributed by atoms with Crippen molar-refractivity contribution < 1.29 is 9.21 Å². The van der Waals surface area contributed by atoms with Crippen molar-refractivity contribution in [2.24, 2.45) is 0 Å². The first-order chi connectivity index (χ1) is 8.24. The van der Waals surface area contributed by atoms with Crippen molar-refractivity contribution in [1.82, 2.24) is 4.98 Å². The molecule has 0 fully saturated rings. The van der Waals surface area contributed by atoms with Crippen molar-refractivity contribution in [3.63, 3.8) is 0 Å². The Balaban J connectivity index is 1.83. The van der Waals surface area contributed by atoms with E-state index in [0.717, 1.165) is 5.76 Å². The average molecular weight is 231 g/mol. The summed E-state index contributed by atoms with van der Waals surface area (Å²) >= 11 is 0. The molecule has 2 heterocycles. The molecule has 2 aromatic rings. The van der Waals surface area contributed by atoms with E-state index in [-0.39, 0.29) is 5.91 Å². The Hall–Kier alpha value is -2.30. The van der Waals surface area contributed by atoms with Gasteiger partial charge in [-0.15, -0.1) is 0 Å². The van der Waals surface area contributed by atoms with Crippen LogP contribution in [0.5, 0.6) is 0 Å². The number of hydrogen-bond donors (Lipinski definition) is 2. The molecule has 0 aliphatic carbocycles. The first-order valence-corrected chi connectivity index (χ1v) is 5.28. The Morgan fingerprint density at radius 1 is 1.41 bits per heavy atom. The summed E-state index contributed by atoms with van der Waals surface area (Å²) in [4.78, 5) is 15.5. The fourth-order valence-electron chi connectivity index (χ4n) is 1.39. The predicted octanol–water partition coefficient (Wildman–Crippen LogP) is 1.83. The molecule has 0 aliphatic rings. The molecule has 2 rings (SSSR count). The topological polar surface area (TPSA) is 81.1 Å². The van der Waals surface area contributed by atoms with Gasteiger partial charge in [-0.05, 0) is 24.3 Å². The molecule has 0 aliphatic heterocycles. The maximum absolute atomic E-state index is 11.6. The second-order valence-corrected chi connectivity index (χ2v) is 3.60. The third-order valence-corrected chi connectivity index (χ3v) is 2.25. The number of carbonyl (C=O) groups excluding carboxylic acids is 1. The smallest absolute Gasteiger partial charge is 0.224 e. The van der Waals surface area contributed by atoms with Gasteiger partial charge in [0.25, 0.3) is 0 Å². The fraction of sp³-hybridized carbons (Fsp3) is 0.167. The molecular weight excluding hydrogens is 218 g/mol. The summed E-state index contributed by atoms with van der Waals surface area (Å²) in [6.07, 6.45) is 4.08. The lowest BCUT2D eigenvalue weighted by Gasteiger charge is -2.03. The van der Waals surface area contributed by atoms with Crippen LogP contribution in [-0.2, 0) is 11.2 Å². The van der Waals surface area contributed by atoms with E-state index in [1.54, 1.807) is 24.5 Å². The number of amides is 1. The number of rotatable bonds is 4. The van der Waals surface area contributed by atoms with Gasteiger partial charge in [0.1, 0.15) is 11.6 Å². The Morgan fingerprint density at radius 3 is 2.94 bits per heavy atom. The number of nitrogen functional groups attached to an aromatic ring is 1. The molecule has 17 heavy (non-hydrogen) atoms. The van der Waals surface area contributed by atoms with Crippen molar-refractivity contribution in [1.29, 1.82) is 0 Å². The van der Waals surface area contributed by atoms with Gasteiger partial charge in [0, 0.05) is 12.8 Å². The lowest BCUT2D eigenvalue weighted by molar-refractivity contribution is -0.116. The second-order valence-electron chi connectivity index (χ2n) is 3.60. The summed E-state index contributed by atoms with van der Waals surface area (Å²) in [6.45, 7) is 0. The van der Waals surface area contributed by atoms with Crippen LogP contribution in [0.15, 0.2) is 41.1 Å². The van der Waals surface area contributed by atoms with Gasteiger partial charge in [0.05, 0.1) is 18.1 Å². The molecular formula is C12H13N3O2. The highest BCUT2D eigenvalue weighted by atomic mass is 16.3. The number of nitrogens with two attached hydrogens (primary N) is 1. The Kier molecular flexibility index (Phi) is 3.40. The number of anilines is 2. The van der Waals surface area contributed by atoms with E-state index in [9.17, 15) is 4.79 Å². The van der Waals surface area contributed by atoms with E-state index in [1.807, 2.05) is 6.07 Å². The van der Waals surface area contributed by atoms with Gasteiger partial charge in [-0.25, -0.2) is 4.98 Å². The molecule has 0 spiro atoms. The van der Waals surface area contributed by atoms with Crippen LogP contribution in [0.1, 0.15) is 12.2 Å². The highest BCUT2D eigenvalue weighted by molar-refractivity contribution is 5.90. The summed E-state index contributed by atoms with van der Waals surface area (Å²) in [6, 6.07) is 7.00. The molecule has 0 saturated heterocycles. The highest BCUT2D eigenvalue weighted by Gasteiger charge is 2.04. The van der Waals surface area contributed by atoms with Crippen molar-refractivity contribution in [3.8, 4) is 0 Å². The monoisotopic (exact) mass is 231 g/mol. The lowest BCUT2D eigenvalue weighted by atomic mass is 10.2. The Bertz CT molecular complexity index is 477. The number of pyridine rings is 1. The molecule has 0 aromatic carbocycles. The maximum Gasteiger partial charge on any atom is 0.224 e. The molecule has 5 nitrogen and oxygen atoms in total. The van der Waals surface area contributed by atoms with Gasteiger partial charge < -0.3 is 15.5 Å². The van der Waals surface area contributed by atoms with Crippen molar-refractivity contribution in [2.45, 2.75) is 12.8 Å². The zero-order valence-corrected chi connectivity index (χ0v) is 9.22. The van der Waals surface area contributed by atoms with Gasteiger partial charge in [0.2, 0.25) is 5.91 Å². The van der Waals surface area contributed by atoms with Gasteiger partial charge in [-0.2, -0.15) is 0 Å². The van der Waals surface area contributed by atoms with E-state index >= 15 is 0 Å². The van der Waals surface area contributed by atoms with Crippen molar-refractivity contribution in [2.75, 3.05) is 11.1 Å². The fourth-order valence-corrected chi connectivity index (χ4v) is 1.39. The molecule has 0 radical (unpaired) electrons. The summed E-state index contributed by atoms with van der Waals surface area (Å²) in [5.74, 6) is 1.15. The van der Waals surface area contributed by atoms with Crippen LogP contribution in [0, 0.1) is 0 Å². The minimum atomic E-state index is -0.0760. The SMILES string of the molecule is Nc1ccc(NC(=O)CCc2ccco2)cn1. The van der Waals surface area contributed by atoms with Gasteiger partial charge >= 0.3 is 0 Å². The minimum absolute atomic E-state index is 0.0760. The third-order valence-electron chi connectivity index (χ3n) is 2.25. The standard InChI is InChI=1S/C12H13N3O2/c13-11-5-3-9(8-14-11)15-12(16)6-4-10-2-1-7-17-10/h1-3,5,7-8H,4,6H2,(H2,13,14)(H,15,16). The third kappa shape index (κ3) is 3.34. The van der Waals surface area contributed by atoms with Gasteiger partial charge in [-0.1, -0.05) is 0 Å². The summed E-state index contributed by atoms with van der Waals surface area (Å²) in [5, 5.41) is 2.73. The first kappa shape index (κ1) is 11.2. The predicted molar refractivity (Wildman–Crippen MR) is 64.3 cm³/mol. The molecule has 2 aromatic heterocycles. The molecule has 0 bridgehead atoms. The minimum Gasteiger partial charge on any atom is -0.469 e. The zero-order chi connectivity index (χ0) is 12.1. The highest BCUT2D eigenvalue weighted by Crippen LogP contribution is 2.09. The van der Waals surface area contributed by atoms with Crippen LogP contribution >= 0.6 is 0 Å². The van der Waals surface area contributed by atoms with Crippen molar-refractivity contribution in [3.05, 3.63) is 42.5 Å². The zero-order valence-electron chi connectivity index (χ0n) is 9.22. The largest absolute Gasteiger partial charge is 0.469 e. The number of carbonyl (C=O) groups is 1. The van der Waals surface area contributed by atoms with E-state index in [0.29, 0.717) is 24.3 Å². The number of nitrogens with one attached hydrogen (secondary N) is 1. The lowest BCUT2D eigenvalue weighted by Crippen LogP contribution is -2.12. The van der Waals surface area contributed by atoms with E-state index in [2.05, 4.69) is 10.3 Å². The van der Waals surface area contributed by atoms with Gasteiger partial charge in [0.15, 0.2) is 0 Å². The second kappa shape index (κ2) is 5.16. The van der Waals surface area contributed by atoms with Crippen LogP contribution in [-0.4, -0.2) is 10.9 Å². The quantitative estimate of drug-likeness (QED) is 0.841. The van der Waals surface area contributed by atoms with E-state index in [1.165, 1.54) is 6.20 Å². The number of hydrogen-bond acceptors (Lipinski definition) is 4. The van der Waals surface area contributed by atoms with Crippen LogP contribution in [0.3, 0.4) is 0 Å². The number of aromatic nitrogens is 1. The molecule has 88 valence electrons. The average Bonchev–Trinajstić information content (AvgIpc) is 2.83. The number of aryl methyl sites for hydroxylation is 1. The molecule has 0 atom stereocenters. The number of nitrogens with zero attached hydrogens (tertiary/aromatic N) is 1. The normalized spacial score (nSPS) is 10.1. The Morgan fingerprint density at radius 2 is 2.29 bits per heavy atom. The molecule has 3 N–H and O–H groups in total. The molecule has 1 amide bonds. The van der Waals surface area contributed by atoms with Crippen LogP contribution in [0.4, 0.5) is 11.5 Å². The van der Waals surface area contributed by atoms with Crippen LogP contribution < -0.4 is 11.1 Å². The Labute approximate surface area is 98.6 Å². The summed E-state index contributed by atoms with van der Waals surface area (Å²) < 4.78 is 5.14. The van der Waals surface area contributed by atoms with Crippen LogP contribution in [0.2, 0.25) is 0 Å². The molecule has 5 heteroatoms. The van der Waals surface area contributed by atoms with Gasteiger partial charge in [-0.3, -0.25) is 4.79 Å². The summed E-state index contributed by atoms with van der Waals surface area (Å²) in [7, 11) is 0. The molecule has 0 unspecified atom stereocenters. The maximum atomic E-state index is 11.6. The van der Waals surface area contributed by atoms with Crippen LogP contribution in [0.25, 0.3) is 0 Å². The van der Waals surface area contributed by atoms with E-state index < -0.39 is 0 Å². The first-order valence-electron chi connectivity index (χ1n) is 5.28. The molecule has 0 saturated carbocycles.